The molecule has 0 radical (unpaired) electrons. The highest BCUT2D eigenvalue weighted by Gasteiger charge is 2.16. The second kappa shape index (κ2) is 11.1. The van der Waals surface area contributed by atoms with Crippen molar-refractivity contribution < 1.29 is 28.7 Å². The Morgan fingerprint density at radius 2 is 1.19 bits per heavy atom. The first-order chi connectivity index (χ1) is 14.8. The van der Waals surface area contributed by atoms with Crippen molar-refractivity contribution >= 4 is 35.9 Å². The summed E-state index contributed by atoms with van der Waals surface area (Å²) in [7, 11) is 0. The lowest BCUT2D eigenvalue weighted by atomic mass is 10.1. The molecule has 0 aliphatic carbocycles. The minimum Gasteiger partial charge on any atom is -0.485 e. The molecule has 0 aliphatic rings. The van der Waals surface area contributed by atoms with Gasteiger partial charge in [-0.15, -0.1) is 0 Å². The van der Waals surface area contributed by atoms with Crippen LogP contribution in [0.2, 0.25) is 0 Å². The second-order valence-corrected chi connectivity index (χ2v) is 7.68. The highest BCUT2D eigenvalue weighted by atomic mass is 32.2. The van der Waals surface area contributed by atoms with Gasteiger partial charge in [-0.1, -0.05) is 24.9 Å². The van der Waals surface area contributed by atoms with E-state index in [1.807, 2.05) is 0 Å². The highest BCUT2D eigenvalue weighted by Crippen LogP contribution is 2.41. The van der Waals surface area contributed by atoms with Gasteiger partial charge in [0.05, 0.1) is 9.79 Å². The van der Waals surface area contributed by atoms with Gasteiger partial charge in [0.2, 0.25) is 0 Å². The summed E-state index contributed by atoms with van der Waals surface area (Å²) in [6.45, 7) is 10.2. The third kappa shape index (κ3) is 6.26. The van der Waals surface area contributed by atoms with Crippen LogP contribution in [0.5, 0.6) is 11.5 Å². The molecule has 2 rings (SSSR count). The monoisotopic (exact) mass is 438 g/mol. The van der Waals surface area contributed by atoms with E-state index in [1.54, 1.807) is 50.2 Å². The summed E-state index contributed by atoms with van der Waals surface area (Å²) < 4.78 is 11.0. The molecular weight excluding hydrogens is 416 g/mol. The number of hydrogen-bond donors (Lipinski definition) is 0. The van der Waals surface area contributed by atoms with E-state index >= 15 is 0 Å². The fraction of sp³-hybridized carbons (Fsp3) is 0.167. The van der Waals surface area contributed by atoms with E-state index in [0.29, 0.717) is 56.1 Å². The number of ether oxygens (including phenoxy) is 2. The van der Waals surface area contributed by atoms with E-state index in [-0.39, 0.29) is 24.8 Å². The van der Waals surface area contributed by atoms with Gasteiger partial charge < -0.3 is 9.47 Å². The summed E-state index contributed by atoms with van der Waals surface area (Å²) in [5.74, 6) is 0.218. The third-order valence-electron chi connectivity index (χ3n) is 4.02. The predicted octanol–water partition coefficient (Wildman–Crippen LogP) is 4.51. The maximum absolute atomic E-state index is 12.2. The largest absolute Gasteiger partial charge is 0.485 e. The lowest BCUT2D eigenvalue weighted by Crippen LogP contribution is -2.04. The van der Waals surface area contributed by atoms with E-state index < -0.39 is 0 Å². The van der Waals surface area contributed by atoms with Gasteiger partial charge >= 0.3 is 0 Å². The molecule has 2 aromatic carbocycles. The summed E-state index contributed by atoms with van der Waals surface area (Å²) in [5, 5.41) is 0. The van der Waals surface area contributed by atoms with Crippen LogP contribution in [0.25, 0.3) is 0 Å². The van der Waals surface area contributed by atoms with Crippen molar-refractivity contribution in [2.24, 2.45) is 0 Å². The van der Waals surface area contributed by atoms with Crippen LogP contribution in [-0.2, 0) is 9.59 Å². The average molecular weight is 439 g/mol. The highest BCUT2D eigenvalue weighted by molar-refractivity contribution is 7.99. The summed E-state index contributed by atoms with van der Waals surface area (Å²) >= 11 is 1.25. The Bertz CT molecular complexity index is 971. The van der Waals surface area contributed by atoms with E-state index in [0.717, 1.165) is 0 Å². The van der Waals surface area contributed by atoms with Gasteiger partial charge in [-0.25, -0.2) is 0 Å². The fourth-order valence-electron chi connectivity index (χ4n) is 2.55. The SMILES string of the molecule is C=C(C)C(=O)c1ccc(Sc2ccc(C(=O)C(=C)C)cc2OCC=O)c(OCC=O)c1. The molecule has 0 N–H and O–H groups in total. The molecule has 0 saturated carbocycles. The minimum atomic E-state index is -0.231. The number of benzene rings is 2. The maximum Gasteiger partial charge on any atom is 0.188 e. The van der Waals surface area contributed by atoms with Crippen LogP contribution in [0.4, 0.5) is 0 Å². The summed E-state index contributed by atoms with van der Waals surface area (Å²) in [6, 6.07) is 9.76. The van der Waals surface area contributed by atoms with Crippen molar-refractivity contribution in [2.75, 3.05) is 13.2 Å². The number of hydrogen-bond acceptors (Lipinski definition) is 7. The number of aldehydes is 2. The molecule has 0 amide bonds. The van der Waals surface area contributed by atoms with E-state index in [9.17, 15) is 19.2 Å². The third-order valence-corrected chi connectivity index (χ3v) is 5.14. The summed E-state index contributed by atoms with van der Waals surface area (Å²) in [4.78, 5) is 47.3. The molecule has 0 aromatic heterocycles. The standard InChI is InChI=1S/C24H22O6S/c1-15(2)23(27)17-5-7-21(19(13-17)29-11-9-25)31-22-8-6-18(24(28)16(3)4)14-20(22)30-12-10-26/h5-10,13-14H,1,3,11-12H2,2,4H3. The number of allylic oxidation sites excluding steroid dienone is 2. The number of Topliss-reactive ketones (excluding diaryl/α,β-unsaturated/α-hetero) is 2. The maximum atomic E-state index is 12.2. The molecule has 0 bridgehead atoms. The van der Waals surface area contributed by atoms with Crippen LogP contribution in [0, 0.1) is 0 Å². The quantitative estimate of drug-likeness (QED) is 0.274. The zero-order chi connectivity index (χ0) is 23.0. The molecular formula is C24H22O6S. The molecule has 0 unspecified atom stereocenters. The fourth-order valence-corrected chi connectivity index (χ4v) is 3.50. The zero-order valence-electron chi connectivity index (χ0n) is 17.3. The Morgan fingerprint density at radius 3 is 1.52 bits per heavy atom. The Morgan fingerprint density at radius 1 is 0.806 bits per heavy atom. The lowest BCUT2D eigenvalue weighted by molar-refractivity contribution is -0.110. The Balaban J connectivity index is 2.46. The van der Waals surface area contributed by atoms with Crippen LogP contribution < -0.4 is 9.47 Å². The number of carbonyl (C=O) groups excluding carboxylic acids is 4. The molecule has 0 heterocycles. The molecule has 0 fully saturated rings. The number of ketones is 2. The molecule has 2 aromatic rings. The Labute approximate surface area is 184 Å². The summed E-state index contributed by atoms with van der Waals surface area (Å²) in [6.07, 6.45) is 1.22. The average Bonchev–Trinajstić information content (AvgIpc) is 2.76. The molecule has 0 spiro atoms. The molecule has 31 heavy (non-hydrogen) atoms. The van der Waals surface area contributed by atoms with Gasteiger partial charge in [-0.2, -0.15) is 0 Å². The van der Waals surface area contributed by atoms with Gasteiger partial charge in [-0.3, -0.25) is 19.2 Å². The molecule has 0 aliphatic heterocycles. The van der Waals surface area contributed by atoms with Crippen molar-refractivity contribution in [3.8, 4) is 11.5 Å². The van der Waals surface area contributed by atoms with Crippen molar-refractivity contribution in [3.05, 3.63) is 71.8 Å². The number of rotatable bonds is 12. The van der Waals surface area contributed by atoms with E-state index in [1.165, 1.54) is 11.8 Å². The first-order valence-corrected chi connectivity index (χ1v) is 10.1. The van der Waals surface area contributed by atoms with Crippen LogP contribution >= 0.6 is 11.8 Å². The first-order valence-electron chi connectivity index (χ1n) is 9.27. The van der Waals surface area contributed by atoms with Crippen LogP contribution in [0.15, 0.2) is 70.5 Å². The smallest absolute Gasteiger partial charge is 0.188 e. The van der Waals surface area contributed by atoms with Gasteiger partial charge in [0.15, 0.2) is 24.1 Å². The number of carbonyl (C=O) groups is 4. The van der Waals surface area contributed by atoms with Crippen LogP contribution in [0.3, 0.4) is 0 Å². The molecule has 7 heteroatoms. The van der Waals surface area contributed by atoms with E-state index in [2.05, 4.69) is 13.2 Å². The van der Waals surface area contributed by atoms with Gasteiger partial charge in [0, 0.05) is 11.1 Å². The van der Waals surface area contributed by atoms with Gasteiger partial charge in [0.1, 0.15) is 24.7 Å². The van der Waals surface area contributed by atoms with Crippen LogP contribution in [0.1, 0.15) is 34.6 Å². The topological polar surface area (TPSA) is 86.7 Å². The Kier molecular flexibility index (Phi) is 8.52. The minimum absolute atomic E-state index is 0.182. The zero-order valence-corrected chi connectivity index (χ0v) is 18.1. The van der Waals surface area contributed by atoms with Crippen LogP contribution in [-0.4, -0.2) is 37.4 Å². The lowest BCUT2D eigenvalue weighted by Gasteiger charge is -2.14. The van der Waals surface area contributed by atoms with Gasteiger partial charge in [0.25, 0.3) is 0 Å². The van der Waals surface area contributed by atoms with Gasteiger partial charge in [-0.05, 0) is 61.4 Å². The van der Waals surface area contributed by atoms with Crippen molar-refractivity contribution in [3.63, 3.8) is 0 Å². The predicted molar refractivity (Wildman–Crippen MR) is 118 cm³/mol. The molecule has 6 nitrogen and oxygen atoms in total. The normalized spacial score (nSPS) is 10.1. The van der Waals surface area contributed by atoms with Crippen molar-refractivity contribution in [1.29, 1.82) is 0 Å². The molecule has 0 atom stereocenters. The molecule has 0 saturated heterocycles. The first kappa shape index (κ1) is 23.8. The summed E-state index contributed by atoms with van der Waals surface area (Å²) in [5.41, 5.74) is 1.53. The van der Waals surface area contributed by atoms with Crippen molar-refractivity contribution in [1.82, 2.24) is 0 Å². The second-order valence-electron chi connectivity index (χ2n) is 6.60. The Hall–Kier alpha value is -3.45. The van der Waals surface area contributed by atoms with Crippen molar-refractivity contribution in [2.45, 2.75) is 23.6 Å². The van der Waals surface area contributed by atoms with E-state index in [4.69, 9.17) is 9.47 Å². The molecule has 160 valence electrons.